The van der Waals surface area contributed by atoms with Gasteiger partial charge in [0.15, 0.2) is 0 Å². The zero-order valence-corrected chi connectivity index (χ0v) is 15.2. The molecule has 4 amide bonds. The molecule has 9 nitrogen and oxygen atoms in total. The van der Waals surface area contributed by atoms with Crippen molar-refractivity contribution in [2.45, 2.75) is 63.6 Å². The molecule has 3 fully saturated rings. The highest BCUT2D eigenvalue weighted by Gasteiger charge is 2.47. The molecule has 26 heavy (non-hydrogen) atoms. The number of hydrogen-bond donors (Lipinski definition) is 2. The molecule has 9 heteroatoms. The van der Waals surface area contributed by atoms with E-state index >= 15 is 0 Å². The lowest BCUT2D eigenvalue weighted by atomic mass is 9.99. The molecule has 0 aromatic carbocycles. The Morgan fingerprint density at radius 3 is 2.65 bits per heavy atom. The van der Waals surface area contributed by atoms with E-state index in [4.69, 9.17) is 4.74 Å². The molecular weight excluding hydrogens is 340 g/mol. The number of piperidine rings is 2. The van der Waals surface area contributed by atoms with Gasteiger partial charge in [-0.25, -0.2) is 14.7 Å². The summed E-state index contributed by atoms with van der Waals surface area (Å²) < 4.78 is 5.22. The van der Waals surface area contributed by atoms with Crippen LogP contribution in [-0.2, 0) is 9.53 Å². The quantitative estimate of drug-likeness (QED) is 0.560. The summed E-state index contributed by atoms with van der Waals surface area (Å²) in [6.45, 7) is 3.99. The zero-order chi connectivity index (χ0) is 18.7. The van der Waals surface area contributed by atoms with Gasteiger partial charge in [-0.2, -0.15) is 0 Å². The highest BCUT2D eigenvalue weighted by molar-refractivity contribution is 5.88. The molecule has 3 saturated heterocycles. The summed E-state index contributed by atoms with van der Waals surface area (Å²) in [6, 6.07) is -1.22. The Balaban J connectivity index is 1.44. The Morgan fingerprint density at radius 1 is 1.23 bits per heavy atom. The molecule has 3 heterocycles. The number of amides is 4. The minimum absolute atomic E-state index is 0.0113. The normalized spacial score (nSPS) is 26.2. The number of ether oxygens (including phenoxy) is 1. The van der Waals surface area contributed by atoms with Crippen molar-refractivity contribution in [1.29, 1.82) is 0 Å². The lowest BCUT2D eigenvalue weighted by Gasteiger charge is -2.34. The Morgan fingerprint density at radius 2 is 1.96 bits per heavy atom. The second kappa shape index (κ2) is 8.11. The molecule has 0 aromatic heterocycles. The largest absolute Gasteiger partial charge is 0.449 e. The fraction of sp³-hybridized carbons (Fsp3) is 0.824. The third-order valence-electron chi connectivity index (χ3n) is 5.47. The zero-order valence-electron chi connectivity index (χ0n) is 15.2. The number of nitrogens with one attached hydrogen (secondary N) is 1. The smallest absolute Gasteiger partial charge is 0.409 e. The summed E-state index contributed by atoms with van der Waals surface area (Å²) in [6.07, 6.45) is 4.08. The van der Waals surface area contributed by atoms with E-state index < -0.39 is 12.1 Å². The van der Waals surface area contributed by atoms with Gasteiger partial charge in [0.25, 0.3) is 0 Å². The van der Waals surface area contributed by atoms with E-state index in [1.807, 2.05) is 6.92 Å². The van der Waals surface area contributed by atoms with Crippen LogP contribution in [0.5, 0.6) is 0 Å². The monoisotopic (exact) mass is 368 g/mol. The van der Waals surface area contributed by atoms with Gasteiger partial charge in [-0.05, 0) is 32.1 Å². The standard InChI is InChI=1S/C17H28N4O5/c1-2-3-10-26-17(24)19-8-6-12(7-9-19)18-15(22)14-5-4-13-11-20(14)16(23)21(13)25/h12-14,25H,2-11H2,1H3,(H,18,22)/t13-,14+/m1/s1. The molecule has 0 aliphatic carbocycles. The number of rotatable bonds is 5. The molecular formula is C17H28N4O5. The number of nitrogens with zero attached hydrogens (tertiary/aromatic N) is 3. The van der Waals surface area contributed by atoms with Gasteiger partial charge < -0.3 is 19.9 Å². The molecule has 0 aromatic rings. The molecule has 0 unspecified atom stereocenters. The Hall–Kier alpha value is -2.03. The maximum atomic E-state index is 12.6. The number of hydroxylamine groups is 2. The molecule has 2 N–H and O–H groups in total. The van der Waals surface area contributed by atoms with Crippen molar-refractivity contribution < 1.29 is 24.3 Å². The summed E-state index contributed by atoms with van der Waals surface area (Å²) in [5.41, 5.74) is 0. The predicted molar refractivity (Wildman–Crippen MR) is 91.5 cm³/mol. The molecule has 0 spiro atoms. The first kappa shape index (κ1) is 18.8. The molecule has 3 rings (SSSR count). The van der Waals surface area contributed by atoms with Crippen molar-refractivity contribution in [3.8, 4) is 0 Å². The Kier molecular flexibility index (Phi) is 5.85. The summed E-state index contributed by atoms with van der Waals surface area (Å²) in [7, 11) is 0. The molecule has 3 aliphatic heterocycles. The van der Waals surface area contributed by atoms with Gasteiger partial charge >= 0.3 is 12.1 Å². The highest BCUT2D eigenvalue weighted by Crippen LogP contribution is 2.28. The molecule has 146 valence electrons. The van der Waals surface area contributed by atoms with Crippen molar-refractivity contribution in [2.24, 2.45) is 0 Å². The van der Waals surface area contributed by atoms with Gasteiger partial charge in [0.1, 0.15) is 6.04 Å². The first-order valence-corrected chi connectivity index (χ1v) is 9.52. The van der Waals surface area contributed by atoms with Crippen molar-refractivity contribution in [3.05, 3.63) is 0 Å². The van der Waals surface area contributed by atoms with E-state index in [0.717, 1.165) is 17.9 Å². The van der Waals surface area contributed by atoms with Gasteiger partial charge in [-0.15, -0.1) is 0 Å². The fourth-order valence-corrected chi connectivity index (χ4v) is 3.82. The summed E-state index contributed by atoms with van der Waals surface area (Å²) in [5, 5.41) is 13.5. The van der Waals surface area contributed by atoms with E-state index in [2.05, 4.69) is 5.32 Å². The Bertz CT molecular complexity index is 549. The van der Waals surface area contributed by atoms with E-state index in [1.165, 1.54) is 4.90 Å². The van der Waals surface area contributed by atoms with Crippen LogP contribution in [0.15, 0.2) is 0 Å². The van der Waals surface area contributed by atoms with Gasteiger partial charge in [0, 0.05) is 25.7 Å². The number of carbonyl (C=O) groups excluding carboxylic acids is 3. The number of urea groups is 1. The number of carbonyl (C=O) groups is 3. The van der Waals surface area contributed by atoms with Gasteiger partial charge in [0.2, 0.25) is 5.91 Å². The van der Waals surface area contributed by atoms with Gasteiger partial charge in [-0.1, -0.05) is 13.3 Å². The van der Waals surface area contributed by atoms with Crippen LogP contribution in [-0.4, -0.2) is 82.5 Å². The number of likely N-dealkylation sites (tertiary alicyclic amines) is 1. The minimum Gasteiger partial charge on any atom is -0.449 e. The first-order valence-electron chi connectivity index (χ1n) is 9.52. The molecule has 3 aliphatic rings. The van der Waals surface area contributed by atoms with Crippen LogP contribution in [0.25, 0.3) is 0 Å². The average Bonchev–Trinajstić information content (AvgIpc) is 2.86. The van der Waals surface area contributed by atoms with Crippen LogP contribution < -0.4 is 5.32 Å². The number of fused-ring (bicyclic) bond motifs is 2. The number of unbranched alkanes of at least 4 members (excludes halogenated alkanes) is 1. The van der Waals surface area contributed by atoms with Crippen LogP contribution in [0.2, 0.25) is 0 Å². The molecule has 0 radical (unpaired) electrons. The SMILES string of the molecule is CCCCOC(=O)N1CCC(NC(=O)[C@@H]2CC[C@@H]3CN2C(=O)N3O)CC1. The van der Waals surface area contributed by atoms with Crippen LogP contribution in [0.1, 0.15) is 45.4 Å². The maximum Gasteiger partial charge on any atom is 0.409 e. The minimum atomic E-state index is -0.520. The van der Waals surface area contributed by atoms with E-state index in [1.54, 1.807) is 4.90 Å². The predicted octanol–water partition coefficient (Wildman–Crippen LogP) is 1.16. The van der Waals surface area contributed by atoms with Crippen LogP contribution in [0.3, 0.4) is 0 Å². The molecule has 0 saturated carbocycles. The fourth-order valence-electron chi connectivity index (χ4n) is 3.82. The van der Waals surface area contributed by atoms with E-state index in [9.17, 15) is 19.6 Å². The molecule has 2 bridgehead atoms. The van der Waals surface area contributed by atoms with E-state index in [-0.39, 0.29) is 24.1 Å². The van der Waals surface area contributed by atoms with Crippen molar-refractivity contribution in [2.75, 3.05) is 26.2 Å². The van der Waals surface area contributed by atoms with Gasteiger partial charge in [0.05, 0.1) is 12.6 Å². The third-order valence-corrected chi connectivity index (χ3v) is 5.47. The maximum absolute atomic E-state index is 12.6. The van der Waals surface area contributed by atoms with Crippen molar-refractivity contribution in [1.82, 2.24) is 20.2 Å². The van der Waals surface area contributed by atoms with Crippen LogP contribution in [0.4, 0.5) is 9.59 Å². The molecule has 2 atom stereocenters. The lowest BCUT2D eigenvalue weighted by Crippen LogP contribution is -2.54. The summed E-state index contributed by atoms with van der Waals surface area (Å²) in [4.78, 5) is 39.6. The summed E-state index contributed by atoms with van der Waals surface area (Å²) >= 11 is 0. The third kappa shape index (κ3) is 3.87. The average molecular weight is 368 g/mol. The van der Waals surface area contributed by atoms with Crippen molar-refractivity contribution in [3.63, 3.8) is 0 Å². The van der Waals surface area contributed by atoms with Crippen LogP contribution >= 0.6 is 0 Å². The summed E-state index contributed by atoms with van der Waals surface area (Å²) in [5.74, 6) is -0.170. The van der Waals surface area contributed by atoms with Crippen LogP contribution in [0, 0.1) is 0 Å². The second-order valence-electron chi connectivity index (χ2n) is 7.26. The van der Waals surface area contributed by atoms with E-state index in [0.29, 0.717) is 51.9 Å². The first-order chi connectivity index (χ1) is 12.5. The highest BCUT2D eigenvalue weighted by atomic mass is 16.6. The number of hydrogen-bond acceptors (Lipinski definition) is 5. The topological polar surface area (TPSA) is 102 Å². The van der Waals surface area contributed by atoms with Gasteiger partial charge in [-0.3, -0.25) is 10.0 Å². The Labute approximate surface area is 153 Å². The van der Waals surface area contributed by atoms with Crippen molar-refractivity contribution >= 4 is 18.0 Å². The lowest BCUT2D eigenvalue weighted by molar-refractivity contribution is -0.127. The second-order valence-corrected chi connectivity index (χ2v) is 7.26.